The fraction of sp³-hybridized carbons (Fsp3) is 0.250. The molecule has 0 aliphatic heterocycles. The van der Waals surface area contributed by atoms with Crippen molar-refractivity contribution in [3.63, 3.8) is 0 Å². The van der Waals surface area contributed by atoms with E-state index in [1.54, 1.807) is 0 Å². The van der Waals surface area contributed by atoms with Gasteiger partial charge in [-0.15, -0.1) is 0 Å². The van der Waals surface area contributed by atoms with Crippen molar-refractivity contribution in [1.29, 1.82) is 0 Å². The SMILES string of the molecule is CCNC(=O)N(O)CC1=Cc2cccc(Oc3ccccc3)c2CC1. The summed E-state index contributed by atoms with van der Waals surface area (Å²) in [6.07, 6.45) is 3.62. The number of fused-ring (bicyclic) bond motifs is 1. The van der Waals surface area contributed by atoms with Crippen LogP contribution in [0.5, 0.6) is 11.5 Å². The number of benzene rings is 2. The van der Waals surface area contributed by atoms with Crippen LogP contribution in [0.2, 0.25) is 0 Å². The minimum atomic E-state index is -0.477. The van der Waals surface area contributed by atoms with Crippen molar-refractivity contribution in [2.24, 2.45) is 0 Å². The quantitative estimate of drug-likeness (QED) is 0.633. The van der Waals surface area contributed by atoms with Gasteiger partial charge in [0.25, 0.3) is 0 Å². The molecule has 5 nitrogen and oxygen atoms in total. The minimum absolute atomic E-state index is 0.203. The molecule has 0 saturated heterocycles. The van der Waals surface area contributed by atoms with Crippen LogP contribution in [0.1, 0.15) is 24.5 Å². The van der Waals surface area contributed by atoms with Crippen molar-refractivity contribution < 1.29 is 14.7 Å². The molecule has 25 heavy (non-hydrogen) atoms. The van der Waals surface area contributed by atoms with Crippen LogP contribution >= 0.6 is 0 Å². The molecule has 0 fully saturated rings. The van der Waals surface area contributed by atoms with Crippen molar-refractivity contribution in [2.75, 3.05) is 13.1 Å². The largest absolute Gasteiger partial charge is 0.457 e. The molecule has 2 aromatic carbocycles. The highest BCUT2D eigenvalue weighted by Crippen LogP contribution is 2.33. The smallest absolute Gasteiger partial charge is 0.341 e. The normalized spacial score (nSPS) is 12.8. The maximum Gasteiger partial charge on any atom is 0.341 e. The van der Waals surface area contributed by atoms with Gasteiger partial charge in [-0.1, -0.05) is 36.4 Å². The molecule has 1 aliphatic carbocycles. The molecule has 2 N–H and O–H groups in total. The maximum absolute atomic E-state index is 11.6. The van der Waals surface area contributed by atoms with Gasteiger partial charge in [-0.3, -0.25) is 5.21 Å². The number of nitrogens with one attached hydrogen (secondary N) is 1. The van der Waals surface area contributed by atoms with E-state index in [1.165, 1.54) is 0 Å². The molecule has 0 unspecified atom stereocenters. The predicted octanol–water partition coefficient (Wildman–Crippen LogP) is 4.23. The molecule has 1 aliphatic rings. The van der Waals surface area contributed by atoms with Gasteiger partial charge in [0.2, 0.25) is 0 Å². The molecule has 3 rings (SSSR count). The highest BCUT2D eigenvalue weighted by molar-refractivity contribution is 5.73. The van der Waals surface area contributed by atoms with E-state index in [1.807, 2.05) is 61.5 Å². The summed E-state index contributed by atoms with van der Waals surface area (Å²) in [5, 5.41) is 13.2. The van der Waals surface area contributed by atoms with E-state index in [0.717, 1.165) is 46.1 Å². The van der Waals surface area contributed by atoms with Crippen LogP contribution < -0.4 is 10.1 Å². The second kappa shape index (κ2) is 7.85. The fourth-order valence-electron chi connectivity index (χ4n) is 2.91. The van der Waals surface area contributed by atoms with Gasteiger partial charge >= 0.3 is 6.03 Å². The molecule has 130 valence electrons. The molecule has 0 radical (unpaired) electrons. The van der Waals surface area contributed by atoms with Gasteiger partial charge in [0, 0.05) is 12.1 Å². The summed E-state index contributed by atoms with van der Waals surface area (Å²) >= 11 is 0. The monoisotopic (exact) mass is 338 g/mol. The Morgan fingerprint density at radius 3 is 2.72 bits per heavy atom. The number of para-hydroxylation sites is 1. The summed E-state index contributed by atoms with van der Waals surface area (Å²) in [6, 6.07) is 15.2. The predicted molar refractivity (Wildman–Crippen MR) is 96.8 cm³/mol. The molecule has 2 amide bonds. The van der Waals surface area contributed by atoms with Crippen LogP contribution in [0.15, 0.2) is 54.1 Å². The average molecular weight is 338 g/mol. The Kier molecular flexibility index (Phi) is 5.36. The number of urea groups is 1. The number of carbonyl (C=O) groups excluding carboxylic acids is 1. The lowest BCUT2D eigenvalue weighted by Crippen LogP contribution is -2.38. The van der Waals surface area contributed by atoms with Crippen molar-refractivity contribution in [2.45, 2.75) is 19.8 Å². The molecular formula is C20H22N2O3. The van der Waals surface area contributed by atoms with Gasteiger partial charge in [-0.05, 0) is 49.1 Å². The standard InChI is InChI=1S/C20H22N2O3/c1-2-21-20(23)22(24)14-15-11-12-18-16(13-15)7-6-10-19(18)25-17-8-4-3-5-9-17/h3-10,13,24H,2,11-12,14H2,1H3,(H,21,23). The van der Waals surface area contributed by atoms with E-state index in [9.17, 15) is 10.0 Å². The number of nitrogens with zero attached hydrogens (tertiary/aromatic N) is 1. The third kappa shape index (κ3) is 4.19. The average Bonchev–Trinajstić information content (AvgIpc) is 2.63. The Balaban J connectivity index is 1.76. The number of hydrogen-bond donors (Lipinski definition) is 2. The number of rotatable bonds is 5. The summed E-state index contributed by atoms with van der Waals surface area (Å²) in [4.78, 5) is 11.6. The summed E-state index contributed by atoms with van der Waals surface area (Å²) in [5.41, 5.74) is 3.23. The number of carbonyl (C=O) groups is 1. The molecule has 0 heterocycles. The second-order valence-electron chi connectivity index (χ2n) is 5.93. The first-order chi connectivity index (χ1) is 12.2. The fourth-order valence-corrected chi connectivity index (χ4v) is 2.91. The molecule has 0 spiro atoms. The maximum atomic E-state index is 11.6. The van der Waals surface area contributed by atoms with E-state index >= 15 is 0 Å². The van der Waals surface area contributed by atoms with Crippen molar-refractivity contribution in [3.8, 4) is 11.5 Å². The Morgan fingerprint density at radius 1 is 1.16 bits per heavy atom. The topological polar surface area (TPSA) is 61.8 Å². The van der Waals surface area contributed by atoms with Gasteiger partial charge in [0.1, 0.15) is 11.5 Å². The van der Waals surface area contributed by atoms with Crippen LogP contribution in [-0.2, 0) is 6.42 Å². The molecule has 0 saturated carbocycles. The molecule has 2 aromatic rings. The molecule has 0 aromatic heterocycles. The van der Waals surface area contributed by atoms with E-state index < -0.39 is 6.03 Å². The molecule has 0 bridgehead atoms. The highest BCUT2D eigenvalue weighted by Gasteiger charge is 2.18. The minimum Gasteiger partial charge on any atom is -0.457 e. The lowest BCUT2D eigenvalue weighted by atomic mass is 9.91. The first-order valence-electron chi connectivity index (χ1n) is 8.46. The summed E-state index contributed by atoms with van der Waals surface area (Å²) in [6.45, 7) is 2.50. The third-order valence-corrected chi connectivity index (χ3v) is 4.11. The van der Waals surface area contributed by atoms with Gasteiger partial charge in [0.15, 0.2) is 0 Å². The summed E-state index contributed by atoms with van der Waals surface area (Å²) in [5.74, 6) is 1.66. The zero-order valence-electron chi connectivity index (χ0n) is 14.2. The number of hydroxylamine groups is 2. The Morgan fingerprint density at radius 2 is 1.96 bits per heavy atom. The van der Waals surface area contributed by atoms with Gasteiger partial charge in [0.05, 0.1) is 6.54 Å². The molecule has 0 atom stereocenters. The second-order valence-corrected chi connectivity index (χ2v) is 5.93. The summed E-state index contributed by atoms with van der Waals surface area (Å²) in [7, 11) is 0. The number of ether oxygens (including phenoxy) is 1. The lowest BCUT2D eigenvalue weighted by Gasteiger charge is -2.22. The van der Waals surface area contributed by atoms with Gasteiger partial charge < -0.3 is 10.1 Å². The number of amides is 2. The van der Waals surface area contributed by atoms with E-state index in [4.69, 9.17) is 4.74 Å². The van der Waals surface area contributed by atoms with Crippen molar-refractivity contribution in [1.82, 2.24) is 10.4 Å². The van der Waals surface area contributed by atoms with E-state index in [0.29, 0.717) is 6.54 Å². The van der Waals surface area contributed by atoms with Crippen LogP contribution in [0.3, 0.4) is 0 Å². The van der Waals surface area contributed by atoms with Gasteiger partial charge in [-0.2, -0.15) is 0 Å². The van der Waals surface area contributed by atoms with E-state index in [-0.39, 0.29) is 6.54 Å². The first-order valence-corrected chi connectivity index (χ1v) is 8.46. The third-order valence-electron chi connectivity index (χ3n) is 4.11. The first kappa shape index (κ1) is 17.0. The van der Waals surface area contributed by atoms with Gasteiger partial charge in [-0.25, -0.2) is 9.86 Å². The Bertz CT molecular complexity index is 772. The van der Waals surface area contributed by atoms with E-state index in [2.05, 4.69) is 5.32 Å². The lowest BCUT2D eigenvalue weighted by molar-refractivity contribution is -0.0351. The van der Waals surface area contributed by atoms with Crippen LogP contribution in [-0.4, -0.2) is 29.4 Å². The number of hydrogen-bond acceptors (Lipinski definition) is 3. The summed E-state index contributed by atoms with van der Waals surface area (Å²) < 4.78 is 6.01. The Labute approximate surface area is 147 Å². The Hall–Kier alpha value is -2.79. The van der Waals surface area contributed by atoms with Crippen LogP contribution in [0.4, 0.5) is 4.79 Å². The van der Waals surface area contributed by atoms with Crippen molar-refractivity contribution in [3.05, 3.63) is 65.2 Å². The highest BCUT2D eigenvalue weighted by atomic mass is 16.5. The van der Waals surface area contributed by atoms with Crippen LogP contribution in [0.25, 0.3) is 6.08 Å². The van der Waals surface area contributed by atoms with Crippen LogP contribution in [0, 0.1) is 0 Å². The van der Waals surface area contributed by atoms with Crippen molar-refractivity contribution >= 4 is 12.1 Å². The zero-order valence-corrected chi connectivity index (χ0v) is 14.2. The zero-order chi connectivity index (χ0) is 17.6. The molecule has 5 heteroatoms. The molecular weight excluding hydrogens is 316 g/mol.